The van der Waals surface area contributed by atoms with Gasteiger partial charge in [0.15, 0.2) is 0 Å². The zero-order valence-corrected chi connectivity index (χ0v) is 23.3. The van der Waals surface area contributed by atoms with Gasteiger partial charge in [0.2, 0.25) is 0 Å². The number of methoxy groups -OCH3 is 1. The Morgan fingerprint density at radius 2 is 2.00 bits per heavy atom. The van der Waals surface area contributed by atoms with E-state index in [1.54, 1.807) is 18.9 Å². The number of rotatable bonds is 8. The third-order valence-corrected chi connectivity index (χ3v) is 7.66. The summed E-state index contributed by atoms with van der Waals surface area (Å²) in [7, 11) is 3.68. The second-order valence-electron chi connectivity index (χ2n) is 9.61. The van der Waals surface area contributed by atoms with Crippen LogP contribution in [0, 0.1) is 0 Å². The number of nitrogens with one attached hydrogen (secondary N) is 1. The van der Waals surface area contributed by atoms with E-state index in [0.29, 0.717) is 6.04 Å². The van der Waals surface area contributed by atoms with Gasteiger partial charge in [-0.15, -0.1) is 11.8 Å². The lowest BCUT2D eigenvalue weighted by atomic mass is 9.95. The standard InChI is InChI=1S/C29H39N5OS/c1-7-20(2)15-22-16-27(23-18-30-33(4)19-23)34(24-11-9-8-10-12-24)29(22)32-21(3)31-26-14-13-25(36-6)17-28(26)35-5/h13-19,24H,7-12H2,1-6H3,(H,31,32). The molecule has 0 aliphatic heterocycles. The average molecular weight is 506 g/mol. The monoisotopic (exact) mass is 505 g/mol. The van der Waals surface area contributed by atoms with Crippen LogP contribution in [0.15, 0.2) is 52.1 Å². The zero-order chi connectivity index (χ0) is 25.7. The third-order valence-electron chi connectivity index (χ3n) is 6.94. The maximum Gasteiger partial charge on any atom is 0.143 e. The Morgan fingerprint density at radius 1 is 1.22 bits per heavy atom. The van der Waals surface area contributed by atoms with E-state index >= 15 is 0 Å². The van der Waals surface area contributed by atoms with Crippen LogP contribution in [0.2, 0.25) is 0 Å². The van der Waals surface area contributed by atoms with E-state index in [4.69, 9.17) is 9.73 Å². The molecule has 1 N–H and O–H groups in total. The van der Waals surface area contributed by atoms with Crippen molar-refractivity contribution < 1.29 is 4.74 Å². The largest absolute Gasteiger partial charge is 0.495 e. The average Bonchev–Trinajstić information content (AvgIpc) is 3.48. The van der Waals surface area contributed by atoms with Gasteiger partial charge in [0.1, 0.15) is 17.4 Å². The van der Waals surface area contributed by atoms with Crippen molar-refractivity contribution in [1.29, 1.82) is 0 Å². The first kappa shape index (κ1) is 26.1. The van der Waals surface area contributed by atoms with E-state index in [9.17, 15) is 0 Å². The van der Waals surface area contributed by atoms with Gasteiger partial charge in [-0.05, 0) is 63.6 Å². The number of hydrogen-bond acceptors (Lipinski definition) is 4. The molecule has 2 heterocycles. The Bertz CT molecular complexity index is 1250. The van der Waals surface area contributed by atoms with Gasteiger partial charge in [-0.1, -0.05) is 37.8 Å². The summed E-state index contributed by atoms with van der Waals surface area (Å²) in [6, 6.07) is 8.95. The van der Waals surface area contributed by atoms with Crippen LogP contribution in [0.25, 0.3) is 17.3 Å². The van der Waals surface area contributed by atoms with Crippen molar-refractivity contribution in [3.8, 4) is 17.0 Å². The molecule has 0 saturated heterocycles. The molecule has 0 unspecified atom stereocenters. The number of aliphatic imine (C=N–C) groups is 1. The molecule has 0 spiro atoms. The highest BCUT2D eigenvalue weighted by atomic mass is 32.2. The summed E-state index contributed by atoms with van der Waals surface area (Å²) in [5.41, 5.74) is 5.74. The van der Waals surface area contributed by atoms with Gasteiger partial charge < -0.3 is 14.6 Å². The molecular weight excluding hydrogens is 466 g/mol. The van der Waals surface area contributed by atoms with Crippen LogP contribution < -0.4 is 10.1 Å². The highest BCUT2D eigenvalue weighted by molar-refractivity contribution is 7.98. The Kier molecular flexibility index (Phi) is 8.62. The van der Waals surface area contributed by atoms with Gasteiger partial charge in [-0.2, -0.15) is 5.10 Å². The number of aryl methyl sites for hydroxylation is 1. The Labute approximate surface area is 219 Å². The van der Waals surface area contributed by atoms with Crippen LogP contribution in [-0.2, 0) is 7.05 Å². The van der Waals surface area contributed by atoms with E-state index in [1.165, 1.54) is 48.3 Å². The molecule has 0 amide bonds. The summed E-state index contributed by atoms with van der Waals surface area (Å²) in [5, 5.41) is 7.97. The minimum absolute atomic E-state index is 0.431. The second kappa shape index (κ2) is 11.9. The minimum atomic E-state index is 0.431. The maximum atomic E-state index is 5.66. The van der Waals surface area contributed by atoms with Gasteiger partial charge in [-0.25, -0.2) is 4.99 Å². The fourth-order valence-corrected chi connectivity index (χ4v) is 5.32. The molecule has 1 aliphatic carbocycles. The molecule has 3 aromatic rings. The first-order valence-electron chi connectivity index (χ1n) is 12.9. The molecule has 2 aromatic heterocycles. The van der Waals surface area contributed by atoms with Crippen molar-refractivity contribution in [2.45, 2.75) is 70.2 Å². The number of thioether (sulfide) groups is 1. The van der Waals surface area contributed by atoms with E-state index in [0.717, 1.165) is 40.6 Å². The molecule has 0 atom stereocenters. The van der Waals surface area contributed by atoms with E-state index < -0.39 is 0 Å². The van der Waals surface area contributed by atoms with Crippen LogP contribution in [0.4, 0.5) is 11.5 Å². The molecule has 4 rings (SSSR count). The number of allylic oxidation sites excluding steroid dienone is 1. The van der Waals surface area contributed by atoms with Crippen LogP contribution >= 0.6 is 11.8 Å². The summed E-state index contributed by atoms with van der Waals surface area (Å²) in [4.78, 5) is 6.39. The Morgan fingerprint density at radius 3 is 2.64 bits per heavy atom. The quantitative estimate of drug-likeness (QED) is 0.191. The molecule has 7 heteroatoms. The third kappa shape index (κ3) is 5.89. The number of amidine groups is 1. The van der Waals surface area contributed by atoms with Crippen molar-refractivity contribution in [2.75, 3.05) is 18.7 Å². The summed E-state index contributed by atoms with van der Waals surface area (Å²) >= 11 is 1.70. The molecule has 1 saturated carbocycles. The number of nitrogens with zero attached hydrogens (tertiary/aromatic N) is 4. The number of aromatic nitrogens is 3. The molecule has 0 radical (unpaired) electrons. The van der Waals surface area contributed by atoms with Gasteiger partial charge in [0, 0.05) is 35.3 Å². The van der Waals surface area contributed by atoms with Crippen molar-refractivity contribution in [2.24, 2.45) is 12.0 Å². The molecule has 192 valence electrons. The summed E-state index contributed by atoms with van der Waals surface area (Å²) in [6.45, 7) is 6.43. The topological polar surface area (TPSA) is 56.4 Å². The van der Waals surface area contributed by atoms with Gasteiger partial charge in [0.25, 0.3) is 0 Å². The van der Waals surface area contributed by atoms with Crippen LogP contribution in [0.5, 0.6) is 5.75 Å². The fourth-order valence-electron chi connectivity index (χ4n) is 4.89. The number of hydrogen-bond donors (Lipinski definition) is 1. The number of benzene rings is 1. The maximum absolute atomic E-state index is 5.66. The van der Waals surface area contributed by atoms with Gasteiger partial charge in [-0.3, -0.25) is 4.68 Å². The zero-order valence-electron chi connectivity index (χ0n) is 22.5. The number of ether oxygens (including phenoxy) is 1. The Balaban J connectivity index is 1.83. The highest BCUT2D eigenvalue weighted by Crippen LogP contribution is 2.41. The van der Waals surface area contributed by atoms with Gasteiger partial charge in [0.05, 0.1) is 24.7 Å². The molecule has 1 aliphatic rings. The summed E-state index contributed by atoms with van der Waals surface area (Å²) in [5.74, 6) is 2.66. The van der Waals surface area contributed by atoms with Crippen molar-refractivity contribution in [1.82, 2.24) is 14.3 Å². The second-order valence-corrected chi connectivity index (χ2v) is 10.5. The van der Waals surface area contributed by atoms with Crippen molar-refractivity contribution in [3.63, 3.8) is 0 Å². The lowest BCUT2D eigenvalue weighted by molar-refractivity contribution is 0.358. The predicted octanol–water partition coefficient (Wildman–Crippen LogP) is 8.10. The molecule has 6 nitrogen and oxygen atoms in total. The van der Waals surface area contributed by atoms with Gasteiger partial charge >= 0.3 is 0 Å². The van der Waals surface area contributed by atoms with Crippen molar-refractivity contribution in [3.05, 3.63) is 47.8 Å². The van der Waals surface area contributed by atoms with E-state index in [-0.39, 0.29) is 0 Å². The highest BCUT2D eigenvalue weighted by Gasteiger charge is 2.24. The molecule has 1 aromatic carbocycles. The van der Waals surface area contributed by atoms with E-state index in [2.05, 4.69) is 71.6 Å². The SMILES string of the molecule is CCC(C)=Cc1cc(-c2cnn(C)c2)n(C2CCCCC2)c1/N=C(\C)Nc1ccc(SC)cc1OC. The van der Waals surface area contributed by atoms with Crippen LogP contribution in [0.3, 0.4) is 0 Å². The molecule has 0 bridgehead atoms. The summed E-state index contributed by atoms with van der Waals surface area (Å²) in [6.07, 6.45) is 15.6. The predicted molar refractivity (Wildman–Crippen MR) is 154 cm³/mol. The van der Waals surface area contributed by atoms with E-state index in [1.807, 2.05) is 24.9 Å². The van der Waals surface area contributed by atoms with Crippen molar-refractivity contribution >= 4 is 35.2 Å². The molecular formula is C29H39N5OS. The molecule has 36 heavy (non-hydrogen) atoms. The first-order chi connectivity index (χ1) is 17.4. The molecule has 1 fully saturated rings. The smallest absolute Gasteiger partial charge is 0.143 e. The van der Waals surface area contributed by atoms with Crippen LogP contribution in [-0.4, -0.2) is 33.5 Å². The number of anilines is 1. The van der Waals surface area contributed by atoms with Crippen LogP contribution in [0.1, 0.15) is 70.9 Å². The lowest BCUT2D eigenvalue weighted by Gasteiger charge is -2.27. The summed E-state index contributed by atoms with van der Waals surface area (Å²) < 4.78 is 10.0. The fraction of sp³-hybridized carbons (Fsp3) is 0.448. The Hall–Kier alpha value is -2.93. The lowest BCUT2D eigenvalue weighted by Crippen LogP contribution is -2.15. The normalized spacial score (nSPS) is 15.4. The minimum Gasteiger partial charge on any atom is -0.495 e. The first-order valence-corrected chi connectivity index (χ1v) is 14.1.